The molecule has 1 amide bonds. The maximum Gasteiger partial charge on any atom is 0.270 e. The predicted octanol–water partition coefficient (Wildman–Crippen LogP) is 3.14. The highest BCUT2D eigenvalue weighted by molar-refractivity contribution is 9.10. The number of thioether (sulfide) groups is 1. The molecule has 3 rings (SSSR count). The number of nitrogens with zero attached hydrogens (tertiary/aromatic N) is 5. The van der Waals surface area contributed by atoms with Crippen molar-refractivity contribution >= 4 is 50.8 Å². The maximum absolute atomic E-state index is 12.1. The molecule has 0 saturated carbocycles. The van der Waals surface area contributed by atoms with Gasteiger partial charge in [0, 0.05) is 28.0 Å². The minimum Gasteiger partial charge on any atom is -0.324 e. The number of benzene rings is 1. The first-order chi connectivity index (χ1) is 12.3. The molecule has 0 fully saturated rings. The van der Waals surface area contributed by atoms with Crippen LogP contribution in [-0.2, 0) is 4.79 Å². The fraction of sp³-hybridized carbons (Fsp3) is 0.200. The fourth-order valence-electron chi connectivity index (χ4n) is 2.24. The van der Waals surface area contributed by atoms with Crippen molar-refractivity contribution in [3.05, 3.63) is 50.2 Å². The van der Waals surface area contributed by atoms with Gasteiger partial charge in [-0.05, 0) is 41.9 Å². The van der Waals surface area contributed by atoms with Crippen LogP contribution in [0.5, 0.6) is 0 Å². The number of aryl methyl sites for hydroxylation is 2. The number of carbonyl (C=O) groups excluding carboxylic acids is 1. The van der Waals surface area contributed by atoms with Gasteiger partial charge in [0.05, 0.1) is 16.4 Å². The second-order valence-electron chi connectivity index (χ2n) is 5.40. The molecule has 0 aliphatic carbocycles. The zero-order valence-corrected chi connectivity index (χ0v) is 16.2. The first-order valence-electron chi connectivity index (χ1n) is 7.41. The number of rotatable bonds is 5. The molecular formula is C15H13BrN6O3S. The monoisotopic (exact) mass is 436 g/mol. The Hall–Kier alpha value is -2.53. The number of halogens is 1. The van der Waals surface area contributed by atoms with Gasteiger partial charge in [-0.15, -0.1) is 5.10 Å². The summed E-state index contributed by atoms with van der Waals surface area (Å²) in [4.78, 5) is 31.0. The van der Waals surface area contributed by atoms with Crippen molar-refractivity contribution < 1.29 is 9.72 Å². The van der Waals surface area contributed by atoms with E-state index in [1.807, 2.05) is 19.9 Å². The Morgan fingerprint density at radius 3 is 2.81 bits per heavy atom. The Morgan fingerprint density at radius 2 is 2.12 bits per heavy atom. The van der Waals surface area contributed by atoms with Crippen molar-refractivity contribution in [2.45, 2.75) is 19.0 Å². The molecule has 0 spiro atoms. The minimum absolute atomic E-state index is 0.0590. The van der Waals surface area contributed by atoms with Crippen LogP contribution in [0.3, 0.4) is 0 Å². The number of nitrogens with one attached hydrogen (secondary N) is 1. The smallest absolute Gasteiger partial charge is 0.270 e. The molecule has 0 saturated heterocycles. The number of hydrogen-bond donors (Lipinski definition) is 1. The first kappa shape index (κ1) is 18.3. The number of non-ortho nitro benzene ring substituents is 1. The van der Waals surface area contributed by atoms with Crippen LogP contribution in [0.15, 0.2) is 33.9 Å². The fourth-order valence-corrected chi connectivity index (χ4v) is 3.33. The van der Waals surface area contributed by atoms with Gasteiger partial charge in [0.2, 0.25) is 11.1 Å². The van der Waals surface area contributed by atoms with Gasteiger partial charge in [0.1, 0.15) is 0 Å². The van der Waals surface area contributed by atoms with Gasteiger partial charge < -0.3 is 5.32 Å². The lowest BCUT2D eigenvalue weighted by Crippen LogP contribution is -2.14. The number of aromatic nitrogens is 4. The summed E-state index contributed by atoms with van der Waals surface area (Å²) in [6, 6.07) is 6.04. The maximum atomic E-state index is 12.1. The zero-order valence-electron chi connectivity index (χ0n) is 13.8. The van der Waals surface area contributed by atoms with Crippen LogP contribution < -0.4 is 5.32 Å². The summed E-state index contributed by atoms with van der Waals surface area (Å²) in [6.45, 7) is 3.79. The Morgan fingerprint density at radius 1 is 1.35 bits per heavy atom. The van der Waals surface area contributed by atoms with Gasteiger partial charge in [-0.3, -0.25) is 14.9 Å². The third-order valence-electron chi connectivity index (χ3n) is 3.37. The van der Waals surface area contributed by atoms with Crippen molar-refractivity contribution in [3.63, 3.8) is 0 Å². The average Bonchev–Trinajstić information content (AvgIpc) is 2.98. The highest BCUT2D eigenvalue weighted by Crippen LogP contribution is 2.27. The number of anilines is 1. The highest BCUT2D eigenvalue weighted by atomic mass is 79.9. The van der Waals surface area contributed by atoms with E-state index in [2.05, 4.69) is 36.3 Å². The predicted molar refractivity (Wildman–Crippen MR) is 100 cm³/mol. The van der Waals surface area contributed by atoms with Gasteiger partial charge >= 0.3 is 0 Å². The SMILES string of the molecule is Cc1cc(C)n2nc(SCC(=O)Nc3ccc([N+](=O)[O-])cc3Br)nc2n1. The van der Waals surface area contributed by atoms with Crippen molar-refractivity contribution in [2.75, 3.05) is 11.1 Å². The molecule has 0 unspecified atom stereocenters. The average molecular weight is 437 g/mol. The molecule has 134 valence electrons. The number of nitro benzene ring substituents is 1. The lowest BCUT2D eigenvalue weighted by Gasteiger charge is -2.06. The normalized spacial score (nSPS) is 10.9. The van der Waals surface area contributed by atoms with Gasteiger partial charge in [-0.2, -0.15) is 4.98 Å². The molecule has 3 aromatic rings. The summed E-state index contributed by atoms with van der Waals surface area (Å²) < 4.78 is 2.06. The second-order valence-corrected chi connectivity index (χ2v) is 7.20. The quantitative estimate of drug-likeness (QED) is 0.370. The van der Waals surface area contributed by atoms with Crippen molar-refractivity contribution in [3.8, 4) is 0 Å². The molecule has 1 aromatic carbocycles. The van der Waals surface area contributed by atoms with E-state index >= 15 is 0 Å². The van der Waals surface area contributed by atoms with E-state index < -0.39 is 4.92 Å². The molecule has 0 aliphatic heterocycles. The summed E-state index contributed by atoms with van der Waals surface area (Å²) >= 11 is 4.40. The molecular weight excluding hydrogens is 424 g/mol. The lowest BCUT2D eigenvalue weighted by atomic mass is 10.3. The number of fused-ring (bicyclic) bond motifs is 1. The summed E-state index contributed by atoms with van der Waals surface area (Å²) in [5, 5.41) is 18.2. The van der Waals surface area contributed by atoms with Crippen molar-refractivity contribution in [1.29, 1.82) is 0 Å². The van der Waals surface area contributed by atoms with Crippen LogP contribution in [0.2, 0.25) is 0 Å². The van der Waals surface area contributed by atoms with Crippen LogP contribution in [0.25, 0.3) is 5.78 Å². The minimum atomic E-state index is -0.501. The number of hydrogen-bond acceptors (Lipinski definition) is 7. The van der Waals surface area contributed by atoms with Crippen molar-refractivity contribution in [1.82, 2.24) is 19.6 Å². The van der Waals surface area contributed by atoms with E-state index in [9.17, 15) is 14.9 Å². The molecule has 1 N–H and O–H groups in total. The van der Waals surface area contributed by atoms with E-state index in [-0.39, 0.29) is 17.3 Å². The lowest BCUT2D eigenvalue weighted by molar-refractivity contribution is -0.384. The Balaban J connectivity index is 1.66. The second kappa shape index (κ2) is 7.38. The summed E-state index contributed by atoms with van der Waals surface area (Å²) in [6.07, 6.45) is 0. The molecule has 2 heterocycles. The standard InChI is InChI=1S/C15H13BrN6O3S/c1-8-5-9(2)21-14(17-8)19-15(20-21)26-7-13(23)18-12-4-3-10(22(24)25)6-11(12)16/h3-6H,7H2,1-2H3,(H,18,23). The van der Waals surface area contributed by atoms with E-state index in [0.717, 1.165) is 11.4 Å². The summed E-state index contributed by atoms with van der Waals surface area (Å²) in [5.41, 5.74) is 2.15. The molecule has 0 aliphatic rings. The Bertz CT molecular complexity index is 1020. The number of amides is 1. The third kappa shape index (κ3) is 3.99. The van der Waals surface area contributed by atoms with E-state index in [1.165, 1.54) is 30.0 Å². The van der Waals surface area contributed by atoms with Crippen LogP contribution >= 0.6 is 27.7 Å². The molecule has 26 heavy (non-hydrogen) atoms. The van der Waals surface area contributed by atoms with E-state index in [1.54, 1.807) is 4.52 Å². The van der Waals surface area contributed by atoms with Gasteiger partial charge in [0.15, 0.2) is 0 Å². The largest absolute Gasteiger partial charge is 0.324 e. The van der Waals surface area contributed by atoms with Crippen LogP contribution in [0, 0.1) is 24.0 Å². The zero-order chi connectivity index (χ0) is 18.8. The molecule has 2 aromatic heterocycles. The Kier molecular flexibility index (Phi) is 5.18. The molecule has 9 nitrogen and oxygen atoms in total. The van der Waals surface area contributed by atoms with Crippen LogP contribution in [0.4, 0.5) is 11.4 Å². The molecule has 0 radical (unpaired) electrons. The van der Waals surface area contributed by atoms with Crippen LogP contribution in [0.1, 0.15) is 11.4 Å². The molecule has 11 heteroatoms. The topological polar surface area (TPSA) is 115 Å². The summed E-state index contributed by atoms with van der Waals surface area (Å²) in [5.74, 6) is 0.311. The number of carbonyl (C=O) groups is 1. The molecule has 0 bridgehead atoms. The van der Waals surface area contributed by atoms with E-state index in [4.69, 9.17) is 0 Å². The van der Waals surface area contributed by atoms with Crippen LogP contribution in [-0.4, -0.2) is 36.2 Å². The first-order valence-corrected chi connectivity index (χ1v) is 9.19. The molecule has 0 atom stereocenters. The van der Waals surface area contributed by atoms with Crippen molar-refractivity contribution in [2.24, 2.45) is 0 Å². The van der Waals surface area contributed by atoms with Gasteiger partial charge in [-0.1, -0.05) is 11.8 Å². The van der Waals surface area contributed by atoms with Gasteiger partial charge in [-0.25, -0.2) is 9.50 Å². The third-order valence-corrected chi connectivity index (χ3v) is 4.86. The Labute approximate surface area is 160 Å². The summed E-state index contributed by atoms with van der Waals surface area (Å²) in [7, 11) is 0. The van der Waals surface area contributed by atoms with E-state index in [0.29, 0.717) is 21.1 Å². The number of nitro groups is 1. The van der Waals surface area contributed by atoms with Gasteiger partial charge in [0.25, 0.3) is 11.5 Å². The highest BCUT2D eigenvalue weighted by Gasteiger charge is 2.13.